The number of thiophene rings is 1. The molecule has 0 saturated heterocycles. The van der Waals surface area contributed by atoms with E-state index >= 15 is 0 Å². The number of nitrogens with one attached hydrogen (secondary N) is 1. The molecule has 7 heteroatoms. The molecule has 2 nitrogen and oxygen atoms in total. The van der Waals surface area contributed by atoms with Gasteiger partial charge < -0.3 is 5.32 Å². The van der Waals surface area contributed by atoms with Gasteiger partial charge in [0.05, 0.1) is 17.8 Å². The molecule has 23 heavy (non-hydrogen) atoms. The van der Waals surface area contributed by atoms with Crippen molar-refractivity contribution >= 4 is 27.7 Å². The summed E-state index contributed by atoms with van der Waals surface area (Å²) in [6.45, 7) is 2.61. The first-order valence-electron chi connectivity index (χ1n) is 6.85. The molecule has 0 aliphatic rings. The van der Waals surface area contributed by atoms with E-state index < -0.39 is 11.7 Å². The van der Waals surface area contributed by atoms with Gasteiger partial charge in [-0.25, -0.2) is 4.98 Å². The fraction of sp³-hybridized carbons (Fsp3) is 0.188. The minimum Gasteiger partial charge on any atom is -0.370 e. The molecule has 0 fully saturated rings. The number of alkyl halides is 3. The van der Waals surface area contributed by atoms with Crippen molar-refractivity contribution in [2.75, 3.05) is 5.32 Å². The third-order valence-corrected chi connectivity index (χ3v) is 5.30. The van der Waals surface area contributed by atoms with E-state index in [0.29, 0.717) is 17.1 Å². The maximum Gasteiger partial charge on any atom is 0.416 e. The number of halogens is 3. The van der Waals surface area contributed by atoms with Crippen molar-refractivity contribution in [1.29, 1.82) is 0 Å². The van der Waals surface area contributed by atoms with Crippen molar-refractivity contribution in [3.63, 3.8) is 0 Å². The quantitative estimate of drug-likeness (QED) is 0.639. The summed E-state index contributed by atoms with van der Waals surface area (Å²) < 4.78 is 37.8. The monoisotopic (exact) mass is 354 g/mol. The van der Waals surface area contributed by atoms with Gasteiger partial charge in [0.1, 0.15) is 10.0 Å². The smallest absolute Gasteiger partial charge is 0.370 e. The van der Waals surface area contributed by atoms with E-state index in [2.05, 4.69) is 10.3 Å². The lowest BCUT2D eigenvalue weighted by Gasteiger charge is -2.06. The predicted octanol–water partition coefficient (Wildman–Crippen LogP) is 5.81. The number of aromatic nitrogens is 1. The van der Waals surface area contributed by atoms with Crippen LogP contribution in [0.2, 0.25) is 0 Å². The molecule has 0 aliphatic heterocycles. The highest BCUT2D eigenvalue weighted by molar-refractivity contribution is 7.19. The van der Waals surface area contributed by atoms with Crippen LogP contribution >= 0.6 is 22.7 Å². The SMILES string of the molecule is Cc1nc(-c2ccc(C(F)(F)F)cc2)sc1NCc1cccs1. The summed E-state index contributed by atoms with van der Waals surface area (Å²) in [5.41, 5.74) is 0.891. The Kier molecular flexibility index (Phi) is 4.41. The maximum atomic E-state index is 12.6. The van der Waals surface area contributed by atoms with E-state index in [-0.39, 0.29) is 0 Å². The summed E-state index contributed by atoms with van der Waals surface area (Å²) in [4.78, 5) is 5.67. The molecule has 3 rings (SSSR count). The molecule has 0 bridgehead atoms. The minimum absolute atomic E-state index is 0.648. The lowest BCUT2D eigenvalue weighted by molar-refractivity contribution is -0.137. The number of benzene rings is 1. The van der Waals surface area contributed by atoms with Gasteiger partial charge in [-0.3, -0.25) is 0 Å². The van der Waals surface area contributed by atoms with Crippen LogP contribution < -0.4 is 5.32 Å². The van der Waals surface area contributed by atoms with Gasteiger partial charge in [0.25, 0.3) is 0 Å². The summed E-state index contributed by atoms with van der Waals surface area (Å²) in [6, 6.07) is 9.14. The van der Waals surface area contributed by atoms with Gasteiger partial charge in [-0.2, -0.15) is 13.2 Å². The molecular weight excluding hydrogens is 341 g/mol. The first-order chi connectivity index (χ1) is 10.9. The largest absolute Gasteiger partial charge is 0.416 e. The summed E-state index contributed by atoms with van der Waals surface area (Å²) in [6.07, 6.45) is -4.31. The van der Waals surface area contributed by atoms with E-state index in [1.165, 1.54) is 28.3 Å². The number of anilines is 1. The fourth-order valence-electron chi connectivity index (χ4n) is 2.07. The van der Waals surface area contributed by atoms with Crippen LogP contribution in [0.3, 0.4) is 0 Å². The van der Waals surface area contributed by atoms with Crippen molar-refractivity contribution in [1.82, 2.24) is 4.98 Å². The molecule has 0 spiro atoms. The Hall–Kier alpha value is -1.86. The molecule has 2 aromatic heterocycles. The molecular formula is C16H13F3N2S2. The van der Waals surface area contributed by atoms with Crippen LogP contribution in [-0.2, 0) is 12.7 Å². The zero-order chi connectivity index (χ0) is 16.4. The summed E-state index contributed by atoms with van der Waals surface area (Å²) in [7, 11) is 0. The Bertz CT molecular complexity index is 775. The van der Waals surface area contributed by atoms with Gasteiger partial charge in [-0.15, -0.1) is 11.3 Å². The minimum atomic E-state index is -4.31. The second kappa shape index (κ2) is 6.33. The average molecular weight is 354 g/mol. The Morgan fingerprint density at radius 3 is 2.48 bits per heavy atom. The van der Waals surface area contributed by atoms with Gasteiger partial charge in [0.2, 0.25) is 0 Å². The van der Waals surface area contributed by atoms with E-state index in [1.54, 1.807) is 11.3 Å². The first-order valence-corrected chi connectivity index (χ1v) is 8.54. The van der Waals surface area contributed by atoms with Crippen molar-refractivity contribution in [2.24, 2.45) is 0 Å². The zero-order valence-corrected chi connectivity index (χ0v) is 13.8. The van der Waals surface area contributed by atoms with Gasteiger partial charge in [-0.1, -0.05) is 29.5 Å². The lowest BCUT2D eigenvalue weighted by Crippen LogP contribution is -2.03. The molecule has 0 saturated carbocycles. The second-order valence-electron chi connectivity index (χ2n) is 4.94. The molecule has 0 aliphatic carbocycles. The molecule has 1 aromatic carbocycles. The summed E-state index contributed by atoms with van der Waals surface area (Å²) >= 11 is 3.12. The van der Waals surface area contributed by atoms with E-state index in [1.807, 2.05) is 24.4 Å². The highest BCUT2D eigenvalue weighted by Gasteiger charge is 2.30. The van der Waals surface area contributed by atoms with Gasteiger partial charge in [0, 0.05) is 10.4 Å². The maximum absolute atomic E-state index is 12.6. The molecule has 2 heterocycles. The first kappa shape index (κ1) is 16.0. The lowest BCUT2D eigenvalue weighted by atomic mass is 10.1. The average Bonchev–Trinajstić information content (AvgIpc) is 3.14. The molecule has 120 valence electrons. The highest BCUT2D eigenvalue weighted by atomic mass is 32.1. The van der Waals surface area contributed by atoms with E-state index in [4.69, 9.17) is 0 Å². The number of nitrogens with zero attached hydrogens (tertiary/aromatic N) is 1. The van der Waals surface area contributed by atoms with Crippen LogP contribution in [0.4, 0.5) is 18.2 Å². The number of hydrogen-bond donors (Lipinski definition) is 1. The normalized spacial score (nSPS) is 11.7. The summed E-state index contributed by atoms with van der Waals surface area (Å²) in [5, 5.41) is 7.00. The number of aryl methyl sites for hydroxylation is 1. The Morgan fingerprint density at radius 2 is 1.87 bits per heavy atom. The van der Waals surface area contributed by atoms with Crippen molar-refractivity contribution < 1.29 is 13.2 Å². The highest BCUT2D eigenvalue weighted by Crippen LogP contribution is 2.34. The third-order valence-electron chi connectivity index (χ3n) is 3.26. The van der Waals surface area contributed by atoms with E-state index in [9.17, 15) is 13.2 Å². The number of hydrogen-bond acceptors (Lipinski definition) is 4. The van der Waals surface area contributed by atoms with Gasteiger partial charge in [0.15, 0.2) is 0 Å². The van der Waals surface area contributed by atoms with Crippen molar-refractivity contribution in [3.8, 4) is 10.6 Å². The molecule has 0 unspecified atom stereocenters. The van der Waals surface area contributed by atoms with Crippen LogP contribution in [0.1, 0.15) is 16.1 Å². The Labute approximate surface area is 139 Å². The molecule has 0 radical (unpaired) electrons. The van der Waals surface area contributed by atoms with Gasteiger partial charge >= 0.3 is 6.18 Å². The van der Waals surface area contributed by atoms with Gasteiger partial charge in [-0.05, 0) is 30.5 Å². The Morgan fingerprint density at radius 1 is 1.13 bits per heavy atom. The van der Waals surface area contributed by atoms with Crippen molar-refractivity contribution in [2.45, 2.75) is 19.6 Å². The summed E-state index contributed by atoms with van der Waals surface area (Å²) in [5.74, 6) is 0. The Balaban J connectivity index is 1.77. The number of thiazole rings is 1. The van der Waals surface area contributed by atoms with Crippen LogP contribution in [0, 0.1) is 6.92 Å². The van der Waals surface area contributed by atoms with E-state index in [0.717, 1.165) is 22.8 Å². The standard InChI is InChI=1S/C16H13F3N2S2/c1-10-14(20-9-13-3-2-8-22-13)23-15(21-10)11-4-6-12(7-5-11)16(17,18)19/h2-8,20H,9H2,1H3. The second-order valence-corrected chi connectivity index (χ2v) is 6.97. The van der Waals surface area contributed by atoms with Crippen LogP contribution in [0.15, 0.2) is 41.8 Å². The van der Waals surface area contributed by atoms with Crippen LogP contribution in [0.5, 0.6) is 0 Å². The molecule has 1 N–H and O–H groups in total. The number of rotatable bonds is 4. The molecule has 0 amide bonds. The predicted molar refractivity (Wildman–Crippen MR) is 88.9 cm³/mol. The van der Waals surface area contributed by atoms with Crippen molar-refractivity contribution in [3.05, 3.63) is 57.9 Å². The molecule has 3 aromatic rings. The zero-order valence-electron chi connectivity index (χ0n) is 12.1. The third kappa shape index (κ3) is 3.73. The molecule has 0 atom stereocenters. The topological polar surface area (TPSA) is 24.9 Å². The fourth-order valence-corrected chi connectivity index (χ4v) is 3.68. The van der Waals surface area contributed by atoms with Crippen LogP contribution in [0.25, 0.3) is 10.6 Å². The van der Waals surface area contributed by atoms with Crippen LogP contribution in [-0.4, -0.2) is 4.98 Å².